The summed E-state index contributed by atoms with van der Waals surface area (Å²) in [5.74, 6) is -0.415. The first-order valence-corrected chi connectivity index (χ1v) is 10.6. The number of anilines is 1. The van der Waals surface area contributed by atoms with Crippen molar-refractivity contribution >= 4 is 21.6 Å². The van der Waals surface area contributed by atoms with Gasteiger partial charge in [0, 0.05) is 13.0 Å². The molecular formula is C21H28N2O4S. The van der Waals surface area contributed by atoms with Gasteiger partial charge in [0.15, 0.2) is 0 Å². The molecular weight excluding hydrogens is 376 g/mol. The molecule has 0 saturated carbocycles. The molecule has 2 aromatic carbocycles. The molecule has 2 rings (SSSR count). The Morgan fingerprint density at radius 1 is 1.07 bits per heavy atom. The first kappa shape index (κ1) is 21.9. The Morgan fingerprint density at radius 3 is 2.39 bits per heavy atom. The molecule has 0 fully saturated rings. The van der Waals surface area contributed by atoms with Gasteiger partial charge in [0.25, 0.3) is 0 Å². The van der Waals surface area contributed by atoms with Crippen molar-refractivity contribution in [2.24, 2.45) is 0 Å². The predicted molar refractivity (Wildman–Crippen MR) is 111 cm³/mol. The first-order chi connectivity index (χ1) is 12.9. The molecule has 0 atom stereocenters. The minimum absolute atomic E-state index is 0.0303. The SMILES string of the molecule is Cc1ccc(C)c(S(=O)(=O)NCCC(=O)Nc2cc(C(C)(C)C)ccc2O)c1. The molecule has 152 valence electrons. The van der Waals surface area contributed by atoms with Crippen molar-refractivity contribution in [2.45, 2.75) is 51.3 Å². The number of phenolic OH excluding ortho intramolecular Hbond substituents is 1. The number of aryl methyl sites for hydroxylation is 2. The van der Waals surface area contributed by atoms with E-state index in [4.69, 9.17) is 0 Å². The van der Waals surface area contributed by atoms with Crippen LogP contribution < -0.4 is 10.0 Å². The molecule has 7 heteroatoms. The largest absolute Gasteiger partial charge is 0.506 e. The van der Waals surface area contributed by atoms with Crippen molar-refractivity contribution in [1.29, 1.82) is 0 Å². The molecule has 2 aromatic rings. The van der Waals surface area contributed by atoms with Crippen LogP contribution in [0.5, 0.6) is 5.75 Å². The lowest BCUT2D eigenvalue weighted by atomic mass is 9.87. The lowest BCUT2D eigenvalue weighted by molar-refractivity contribution is -0.116. The third kappa shape index (κ3) is 5.56. The van der Waals surface area contributed by atoms with Crippen LogP contribution in [0.2, 0.25) is 0 Å². The number of hydrogen-bond acceptors (Lipinski definition) is 4. The van der Waals surface area contributed by atoms with E-state index >= 15 is 0 Å². The highest BCUT2D eigenvalue weighted by molar-refractivity contribution is 7.89. The van der Waals surface area contributed by atoms with Crippen molar-refractivity contribution in [3.8, 4) is 5.75 Å². The van der Waals surface area contributed by atoms with Crippen LogP contribution in [-0.4, -0.2) is 26.0 Å². The highest BCUT2D eigenvalue weighted by Crippen LogP contribution is 2.30. The number of benzene rings is 2. The zero-order valence-corrected chi connectivity index (χ0v) is 17.8. The second-order valence-corrected chi connectivity index (χ2v) is 9.68. The van der Waals surface area contributed by atoms with Crippen molar-refractivity contribution in [1.82, 2.24) is 4.72 Å². The van der Waals surface area contributed by atoms with Crippen molar-refractivity contribution < 1.29 is 18.3 Å². The summed E-state index contributed by atoms with van der Waals surface area (Å²) in [4.78, 5) is 12.4. The van der Waals surface area contributed by atoms with Crippen LogP contribution in [0.4, 0.5) is 5.69 Å². The van der Waals surface area contributed by atoms with Crippen LogP contribution in [0.3, 0.4) is 0 Å². The smallest absolute Gasteiger partial charge is 0.240 e. The van der Waals surface area contributed by atoms with Gasteiger partial charge >= 0.3 is 0 Å². The number of aromatic hydroxyl groups is 1. The third-order valence-electron chi connectivity index (χ3n) is 4.41. The highest BCUT2D eigenvalue weighted by Gasteiger charge is 2.18. The van der Waals surface area contributed by atoms with Crippen LogP contribution in [0.15, 0.2) is 41.3 Å². The Balaban J connectivity index is 2.01. The number of carbonyl (C=O) groups is 1. The molecule has 28 heavy (non-hydrogen) atoms. The van der Waals surface area contributed by atoms with Crippen LogP contribution in [0, 0.1) is 13.8 Å². The summed E-state index contributed by atoms with van der Waals surface area (Å²) in [6.07, 6.45) is -0.0523. The average Bonchev–Trinajstić information content (AvgIpc) is 2.57. The van der Waals surface area contributed by atoms with Crippen molar-refractivity contribution in [2.75, 3.05) is 11.9 Å². The quantitative estimate of drug-likeness (QED) is 0.641. The van der Waals surface area contributed by atoms with E-state index in [0.29, 0.717) is 11.3 Å². The Bertz CT molecular complexity index is 976. The van der Waals surface area contributed by atoms with Gasteiger partial charge in [0.1, 0.15) is 5.75 Å². The van der Waals surface area contributed by atoms with Gasteiger partial charge in [-0.15, -0.1) is 0 Å². The number of sulfonamides is 1. The number of hydrogen-bond donors (Lipinski definition) is 3. The van der Waals surface area contributed by atoms with E-state index in [1.807, 2.05) is 39.8 Å². The summed E-state index contributed by atoms with van der Waals surface area (Å²) in [6.45, 7) is 9.62. The fourth-order valence-corrected chi connectivity index (χ4v) is 4.05. The molecule has 0 saturated heterocycles. The molecule has 0 aliphatic rings. The molecule has 6 nitrogen and oxygen atoms in total. The zero-order valence-electron chi connectivity index (χ0n) is 17.0. The van der Waals surface area contributed by atoms with E-state index in [-0.39, 0.29) is 34.9 Å². The molecule has 0 spiro atoms. The normalized spacial score (nSPS) is 12.0. The molecule has 0 heterocycles. The van der Waals surface area contributed by atoms with Crippen molar-refractivity contribution in [3.63, 3.8) is 0 Å². The summed E-state index contributed by atoms with van der Waals surface area (Å²) in [5.41, 5.74) is 2.64. The Hall–Kier alpha value is -2.38. The van der Waals surface area contributed by atoms with Gasteiger partial charge in [-0.2, -0.15) is 0 Å². The zero-order chi connectivity index (χ0) is 21.1. The number of carbonyl (C=O) groups excluding carboxylic acids is 1. The molecule has 1 amide bonds. The Morgan fingerprint density at radius 2 is 1.75 bits per heavy atom. The number of phenols is 1. The minimum Gasteiger partial charge on any atom is -0.506 e. The standard InChI is InChI=1S/C21H28N2O4S/c1-14-6-7-15(2)19(12-14)28(26,27)22-11-10-20(25)23-17-13-16(21(3,4)5)8-9-18(17)24/h6-9,12-13,22,24H,10-11H2,1-5H3,(H,23,25). The third-order valence-corrected chi connectivity index (χ3v) is 6.02. The van der Waals surface area contributed by atoms with E-state index < -0.39 is 10.0 Å². The number of rotatable bonds is 6. The second-order valence-electron chi connectivity index (χ2n) is 7.95. The van der Waals surface area contributed by atoms with Crippen LogP contribution >= 0.6 is 0 Å². The van der Waals surface area contributed by atoms with Crippen LogP contribution in [-0.2, 0) is 20.2 Å². The van der Waals surface area contributed by atoms with Gasteiger partial charge in [0.2, 0.25) is 15.9 Å². The molecule has 3 N–H and O–H groups in total. The van der Waals surface area contributed by atoms with E-state index in [9.17, 15) is 18.3 Å². The monoisotopic (exact) mass is 404 g/mol. The second kappa shape index (κ2) is 8.32. The summed E-state index contributed by atoms with van der Waals surface area (Å²) < 4.78 is 27.4. The van der Waals surface area contributed by atoms with Gasteiger partial charge in [0.05, 0.1) is 10.6 Å². The topological polar surface area (TPSA) is 95.5 Å². The molecule has 0 bridgehead atoms. The van der Waals surface area contributed by atoms with Gasteiger partial charge in [-0.25, -0.2) is 13.1 Å². The van der Waals surface area contributed by atoms with E-state index in [1.165, 1.54) is 0 Å². The van der Waals surface area contributed by atoms with Crippen LogP contribution in [0.25, 0.3) is 0 Å². The summed E-state index contributed by atoms with van der Waals surface area (Å²) in [5, 5.41) is 12.6. The van der Waals surface area contributed by atoms with Gasteiger partial charge in [-0.05, 0) is 54.2 Å². The maximum Gasteiger partial charge on any atom is 0.240 e. The maximum atomic E-state index is 12.5. The fraction of sp³-hybridized carbons (Fsp3) is 0.381. The van der Waals surface area contributed by atoms with Gasteiger partial charge in [-0.1, -0.05) is 39.0 Å². The summed E-state index contributed by atoms with van der Waals surface area (Å²) in [6, 6.07) is 10.3. The van der Waals surface area contributed by atoms with E-state index in [0.717, 1.165) is 11.1 Å². The lowest BCUT2D eigenvalue weighted by Gasteiger charge is -2.20. The molecule has 0 aromatic heterocycles. The molecule has 0 aliphatic carbocycles. The predicted octanol–water partition coefficient (Wildman–Crippen LogP) is 3.61. The Kier molecular flexibility index (Phi) is 6.52. The maximum absolute atomic E-state index is 12.5. The average molecular weight is 405 g/mol. The van der Waals surface area contributed by atoms with E-state index in [1.54, 1.807) is 31.2 Å². The molecule has 0 radical (unpaired) electrons. The Labute approximate surface area is 167 Å². The fourth-order valence-electron chi connectivity index (χ4n) is 2.69. The van der Waals surface area contributed by atoms with Gasteiger partial charge < -0.3 is 10.4 Å². The molecule has 0 aliphatic heterocycles. The molecule has 0 unspecified atom stereocenters. The minimum atomic E-state index is -3.70. The number of nitrogens with one attached hydrogen (secondary N) is 2. The lowest BCUT2D eigenvalue weighted by Crippen LogP contribution is -2.28. The van der Waals surface area contributed by atoms with Crippen LogP contribution in [0.1, 0.15) is 43.9 Å². The first-order valence-electron chi connectivity index (χ1n) is 9.10. The van der Waals surface area contributed by atoms with E-state index in [2.05, 4.69) is 10.0 Å². The summed E-state index contributed by atoms with van der Waals surface area (Å²) in [7, 11) is -3.70. The summed E-state index contributed by atoms with van der Waals surface area (Å²) >= 11 is 0. The number of amides is 1. The highest BCUT2D eigenvalue weighted by atomic mass is 32.2. The van der Waals surface area contributed by atoms with Crippen molar-refractivity contribution in [3.05, 3.63) is 53.1 Å². The van der Waals surface area contributed by atoms with Gasteiger partial charge in [-0.3, -0.25) is 4.79 Å².